The Labute approximate surface area is 89.1 Å². The van der Waals surface area contributed by atoms with Gasteiger partial charge in [-0.05, 0) is 6.07 Å². The van der Waals surface area contributed by atoms with Gasteiger partial charge in [-0.25, -0.2) is 13.1 Å². The lowest BCUT2D eigenvalue weighted by Gasteiger charge is -2.08. The number of nitrogens with one attached hydrogen (secondary N) is 1. The predicted octanol–water partition coefficient (Wildman–Crippen LogP) is 0.854. The Morgan fingerprint density at radius 3 is 2.38 bits per heavy atom. The number of carbonyl (C=O) groups excluding carboxylic acids is 1. The van der Waals surface area contributed by atoms with E-state index in [4.69, 9.17) is 0 Å². The van der Waals surface area contributed by atoms with Crippen molar-refractivity contribution in [3.63, 3.8) is 0 Å². The van der Waals surface area contributed by atoms with E-state index in [0.717, 1.165) is 10.8 Å². The van der Waals surface area contributed by atoms with Crippen LogP contribution in [-0.4, -0.2) is 20.5 Å². The normalized spacial score (nSPS) is 12.2. The zero-order valence-electron chi connectivity index (χ0n) is 7.58. The third-order valence-electron chi connectivity index (χ3n) is 1.45. The molecule has 1 amide bonds. The van der Waals surface area contributed by atoms with Crippen LogP contribution in [0.2, 0.25) is 0 Å². The number of hydrogen-bond acceptors (Lipinski definition) is 3. The third kappa shape index (κ3) is 2.96. The van der Waals surface area contributed by atoms with Gasteiger partial charge in [-0.15, -0.1) is 0 Å². The van der Waals surface area contributed by atoms with Gasteiger partial charge in [0, 0.05) is 6.07 Å². The van der Waals surface area contributed by atoms with Crippen LogP contribution >= 0.6 is 0 Å². The van der Waals surface area contributed by atoms with Crippen molar-refractivity contribution in [3.8, 4) is 0 Å². The molecule has 0 aliphatic carbocycles. The first-order valence-electron chi connectivity index (χ1n) is 3.84. The van der Waals surface area contributed by atoms with E-state index in [9.17, 15) is 26.4 Å². The fraction of sp³-hybridized carbons (Fsp3) is 0.125. The Balaban J connectivity index is 2.95. The van der Waals surface area contributed by atoms with Gasteiger partial charge in [0.05, 0.1) is 4.90 Å². The first-order chi connectivity index (χ1) is 7.23. The molecule has 87 valence electrons. The second-order valence-corrected chi connectivity index (χ2v) is 4.31. The second-order valence-electron chi connectivity index (χ2n) is 2.66. The summed E-state index contributed by atoms with van der Waals surface area (Å²) < 4.78 is 58.8. The topological polar surface area (TPSA) is 63.2 Å². The monoisotopic (exact) mass is 252 g/mol. The molecule has 0 atom stereocenters. The molecule has 0 unspecified atom stereocenters. The summed E-state index contributed by atoms with van der Waals surface area (Å²) in [5, 5.41) is 0. The van der Waals surface area contributed by atoms with Crippen molar-refractivity contribution in [1.82, 2.24) is 4.72 Å². The van der Waals surface area contributed by atoms with Crippen LogP contribution in [0.5, 0.6) is 0 Å². The summed E-state index contributed by atoms with van der Waals surface area (Å²) in [6, 6.07) is 7.15. The molecular formula is C8H5F3NO3S. The first kappa shape index (κ1) is 12.5. The van der Waals surface area contributed by atoms with Crippen LogP contribution in [0.15, 0.2) is 29.2 Å². The molecule has 0 heterocycles. The highest BCUT2D eigenvalue weighted by Gasteiger charge is 2.41. The highest BCUT2D eigenvalue weighted by atomic mass is 32.2. The van der Waals surface area contributed by atoms with E-state index >= 15 is 0 Å². The summed E-state index contributed by atoms with van der Waals surface area (Å²) >= 11 is 0. The second kappa shape index (κ2) is 4.12. The van der Waals surface area contributed by atoms with Crippen LogP contribution in [0, 0.1) is 6.07 Å². The van der Waals surface area contributed by atoms with Crippen molar-refractivity contribution >= 4 is 15.9 Å². The van der Waals surface area contributed by atoms with Gasteiger partial charge in [0.1, 0.15) is 0 Å². The Kier molecular flexibility index (Phi) is 3.22. The molecule has 8 heteroatoms. The maximum absolute atomic E-state index is 11.8. The number of benzene rings is 1. The van der Waals surface area contributed by atoms with Crippen LogP contribution in [0.4, 0.5) is 13.2 Å². The number of hydrogen-bond donors (Lipinski definition) is 1. The number of halogens is 3. The zero-order chi connectivity index (χ0) is 12.4. The Morgan fingerprint density at radius 1 is 1.31 bits per heavy atom. The van der Waals surface area contributed by atoms with E-state index in [2.05, 4.69) is 6.07 Å². The predicted molar refractivity (Wildman–Crippen MR) is 46.7 cm³/mol. The molecule has 16 heavy (non-hydrogen) atoms. The van der Waals surface area contributed by atoms with Gasteiger partial charge < -0.3 is 0 Å². The Morgan fingerprint density at radius 2 is 1.94 bits per heavy atom. The summed E-state index contributed by atoms with van der Waals surface area (Å²) in [4.78, 5) is 9.89. The Hall–Kier alpha value is -1.57. The molecule has 1 aromatic carbocycles. The maximum atomic E-state index is 11.8. The summed E-state index contributed by atoms with van der Waals surface area (Å²) in [6.07, 6.45) is -5.25. The summed E-state index contributed by atoms with van der Waals surface area (Å²) in [5.74, 6) is -2.54. The standard InChI is InChI=1S/C8H5F3NO3S/c9-8(10,11)7(13)12-16(14,15)6-4-2-1-3-5-6/h1-4H,(H,12,13). The van der Waals surface area contributed by atoms with Gasteiger partial charge in [-0.3, -0.25) is 4.79 Å². The molecule has 1 rings (SSSR count). The molecule has 1 aromatic rings. The molecule has 0 spiro atoms. The van der Waals surface area contributed by atoms with Gasteiger partial charge in [0.15, 0.2) is 0 Å². The minimum atomic E-state index is -5.25. The Bertz CT molecular complexity index is 481. The van der Waals surface area contributed by atoms with Gasteiger partial charge in [0.2, 0.25) is 0 Å². The molecule has 0 saturated carbocycles. The van der Waals surface area contributed by atoms with E-state index < -0.39 is 27.0 Å². The van der Waals surface area contributed by atoms with E-state index in [-0.39, 0.29) is 0 Å². The van der Waals surface area contributed by atoms with E-state index in [0.29, 0.717) is 0 Å². The van der Waals surface area contributed by atoms with Gasteiger partial charge >= 0.3 is 12.1 Å². The molecule has 1 radical (unpaired) electrons. The molecule has 0 aliphatic rings. The van der Waals surface area contributed by atoms with Gasteiger partial charge in [-0.2, -0.15) is 13.2 Å². The summed E-state index contributed by atoms with van der Waals surface area (Å²) in [7, 11) is -4.52. The number of rotatable bonds is 2. The van der Waals surface area contributed by atoms with Crippen molar-refractivity contribution in [3.05, 3.63) is 30.3 Å². The van der Waals surface area contributed by atoms with Crippen LogP contribution in [0.1, 0.15) is 0 Å². The maximum Gasteiger partial charge on any atom is 0.472 e. The molecule has 0 bridgehead atoms. The number of sulfonamides is 1. The third-order valence-corrected chi connectivity index (χ3v) is 2.74. The smallest absolute Gasteiger partial charge is 0.263 e. The minimum absolute atomic E-state index is 0.535. The van der Waals surface area contributed by atoms with E-state index in [1.807, 2.05) is 0 Å². The number of carbonyl (C=O) groups is 1. The summed E-state index contributed by atoms with van der Waals surface area (Å²) in [5.41, 5.74) is 0. The van der Waals surface area contributed by atoms with Crippen LogP contribution in [0.25, 0.3) is 0 Å². The molecule has 4 nitrogen and oxygen atoms in total. The minimum Gasteiger partial charge on any atom is -0.263 e. The molecule has 1 N–H and O–H groups in total. The lowest BCUT2D eigenvalue weighted by molar-refractivity contribution is -0.171. The SMILES string of the molecule is O=C(NS(=O)(=O)c1[c]cccc1)C(F)(F)F. The first-order valence-corrected chi connectivity index (χ1v) is 5.32. The molecule has 0 aliphatic heterocycles. The zero-order valence-corrected chi connectivity index (χ0v) is 8.39. The van der Waals surface area contributed by atoms with Gasteiger partial charge in [0.25, 0.3) is 10.0 Å². The summed E-state index contributed by atoms with van der Waals surface area (Å²) in [6.45, 7) is 0. The van der Waals surface area contributed by atoms with E-state index in [1.54, 1.807) is 0 Å². The fourth-order valence-electron chi connectivity index (χ4n) is 0.779. The van der Waals surface area contributed by atoms with Crippen LogP contribution < -0.4 is 4.72 Å². The van der Waals surface area contributed by atoms with Crippen molar-refractivity contribution in [2.45, 2.75) is 11.1 Å². The molecule has 0 saturated heterocycles. The van der Waals surface area contributed by atoms with Crippen molar-refractivity contribution < 1.29 is 26.4 Å². The highest BCUT2D eigenvalue weighted by molar-refractivity contribution is 7.90. The number of amides is 1. The number of alkyl halides is 3. The van der Waals surface area contributed by atoms with Gasteiger partial charge in [-0.1, -0.05) is 18.2 Å². The van der Waals surface area contributed by atoms with E-state index in [1.165, 1.54) is 18.2 Å². The lowest BCUT2D eigenvalue weighted by atomic mass is 10.4. The fourth-order valence-corrected chi connectivity index (χ4v) is 1.73. The molecule has 0 aromatic heterocycles. The molecular weight excluding hydrogens is 247 g/mol. The lowest BCUT2D eigenvalue weighted by Crippen LogP contribution is -2.40. The van der Waals surface area contributed by atoms with Crippen molar-refractivity contribution in [2.75, 3.05) is 0 Å². The van der Waals surface area contributed by atoms with Crippen LogP contribution in [-0.2, 0) is 14.8 Å². The molecule has 0 fully saturated rings. The average molecular weight is 252 g/mol. The van der Waals surface area contributed by atoms with Crippen molar-refractivity contribution in [1.29, 1.82) is 0 Å². The van der Waals surface area contributed by atoms with Crippen molar-refractivity contribution in [2.24, 2.45) is 0 Å². The highest BCUT2D eigenvalue weighted by Crippen LogP contribution is 2.16. The largest absolute Gasteiger partial charge is 0.472 e. The quantitative estimate of drug-likeness (QED) is 0.848. The van der Waals surface area contributed by atoms with Crippen LogP contribution in [0.3, 0.4) is 0 Å². The average Bonchev–Trinajstić information content (AvgIpc) is 2.17.